The molecule has 0 radical (unpaired) electrons. The van der Waals surface area contributed by atoms with E-state index in [4.69, 9.17) is 4.52 Å². The van der Waals surface area contributed by atoms with E-state index in [0.717, 1.165) is 29.7 Å². The molecule has 2 amide bonds. The van der Waals surface area contributed by atoms with Gasteiger partial charge in [0.1, 0.15) is 11.4 Å². The van der Waals surface area contributed by atoms with Crippen molar-refractivity contribution in [2.45, 2.75) is 38.1 Å². The molecule has 0 saturated heterocycles. The van der Waals surface area contributed by atoms with E-state index in [-0.39, 0.29) is 11.8 Å². The van der Waals surface area contributed by atoms with E-state index < -0.39 is 5.54 Å². The van der Waals surface area contributed by atoms with Gasteiger partial charge in [-0.15, -0.1) is 11.3 Å². The Labute approximate surface area is 159 Å². The van der Waals surface area contributed by atoms with E-state index in [1.165, 1.54) is 23.5 Å². The van der Waals surface area contributed by atoms with Gasteiger partial charge in [0.05, 0.1) is 0 Å². The molecule has 0 bridgehead atoms. The first kappa shape index (κ1) is 17.6. The topological polar surface area (TPSA) is 92.9 Å². The van der Waals surface area contributed by atoms with Gasteiger partial charge in [-0.25, -0.2) is 14.2 Å². The van der Waals surface area contributed by atoms with Gasteiger partial charge >= 0.3 is 6.03 Å². The number of thiazole rings is 1. The highest BCUT2D eigenvalue weighted by atomic mass is 32.1. The lowest BCUT2D eigenvalue weighted by atomic mass is 9.76. The van der Waals surface area contributed by atoms with Crippen LogP contribution in [0.3, 0.4) is 0 Å². The highest BCUT2D eigenvalue weighted by Gasteiger charge is 2.44. The molecule has 2 aromatic heterocycles. The monoisotopic (exact) mass is 387 g/mol. The lowest BCUT2D eigenvalue weighted by Gasteiger charge is -2.39. The van der Waals surface area contributed by atoms with Crippen LogP contribution >= 0.6 is 11.3 Å². The van der Waals surface area contributed by atoms with Crippen LogP contribution in [0.5, 0.6) is 0 Å². The Morgan fingerprint density at radius 2 is 2.26 bits per heavy atom. The zero-order chi connectivity index (χ0) is 18.9. The fourth-order valence-corrected chi connectivity index (χ4v) is 3.91. The van der Waals surface area contributed by atoms with Crippen molar-refractivity contribution in [3.8, 4) is 0 Å². The van der Waals surface area contributed by atoms with Gasteiger partial charge in [-0.3, -0.25) is 5.32 Å². The van der Waals surface area contributed by atoms with Gasteiger partial charge in [-0.05, 0) is 37.0 Å². The average Bonchev–Trinajstić information content (AvgIpc) is 3.20. The van der Waals surface area contributed by atoms with Crippen molar-refractivity contribution < 1.29 is 13.7 Å². The number of hydrogen-bond acceptors (Lipinski definition) is 6. The summed E-state index contributed by atoms with van der Waals surface area (Å²) in [7, 11) is 0. The summed E-state index contributed by atoms with van der Waals surface area (Å²) in [5.74, 6) is 0.713. The largest absolute Gasteiger partial charge is 0.340 e. The molecule has 0 spiro atoms. The molecule has 1 saturated carbocycles. The van der Waals surface area contributed by atoms with Crippen LogP contribution in [0.2, 0.25) is 0 Å². The van der Waals surface area contributed by atoms with Gasteiger partial charge in [-0.2, -0.15) is 4.98 Å². The first-order valence-electron chi connectivity index (χ1n) is 8.61. The molecule has 1 aromatic carbocycles. The first-order chi connectivity index (χ1) is 13.0. The van der Waals surface area contributed by atoms with Crippen molar-refractivity contribution in [3.05, 3.63) is 58.4 Å². The van der Waals surface area contributed by atoms with E-state index in [2.05, 4.69) is 25.8 Å². The number of hydrogen-bond donors (Lipinski definition) is 2. The molecule has 9 heteroatoms. The highest BCUT2D eigenvalue weighted by Crippen LogP contribution is 2.39. The lowest BCUT2D eigenvalue weighted by Crippen LogP contribution is -2.52. The third-order valence-electron chi connectivity index (χ3n) is 4.56. The second-order valence-corrected chi connectivity index (χ2v) is 7.71. The van der Waals surface area contributed by atoms with Gasteiger partial charge < -0.3 is 9.84 Å². The van der Waals surface area contributed by atoms with Crippen LogP contribution < -0.4 is 10.6 Å². The van der Waals surface area contributed by atoms with Crippen LogP contribution in [0.1, 0.15) is 41.4 Å². The van der Waals surface area contributed by atoms with Crippen LogP contribution in [-0.2, 0) is 12.0 Å². The lowest BCUT2D eigenvalue weighted by molar-refractivity contribution is 0.171. The Balaban J connectivity index is 1.39. The molecule has 3 aromatic rings. The summed E-state index contributed by atoms with van der Waals surface area (Å²) in [6, 6.07) is 6.08. The smallest absolute Gasteiger partial charge is 0.321 e. The standard InChI is InChI=1S/C18H18FN5O2S/c1-11-21-15(24-26-11)18(6-3-7-18)23-16(25)22-17-20-10-14(27-17)9-12-4-2-5-13(19)8-12/h2,4-5,8,10H,3,6-7,9H2,1H3,(H2,20,22,23,25). The van der Waals surface area contributed by atoms with Crippen LogP contribution in [-0.4, -0.2) is 21.2 Å². The first-order valence-corrected chi connectivity index (χ1v) is 9.43. The van der Waals surface area contributed by atoms with Crippen molar-refractivity contribution in [1.29, 1.82) is 0 Å². The number of carbonyl (C=O) groups is 1. The van der Waals surface area contributed by atoms with Gasteiger partial charge in [0.25, 0.3) is 0 Å². The maximum Gasteiger partial charge on any atom is 0.321 e. The molecule has 2 N–H and O–H groups in total. The molecular formula is C18H18FN5O2S. The third-order valence-corrected chi connectivity index (χ3v) is 5.47. The fourth-order valence-electron chi connectivity index (χ4n) is 3.07. The second-order valence-electron chi connectivity index (χ2n) is 6.59. The van der Waals surface area contributed by atoms with Crippen molar-refractivity contribution in [2.75, 3.05) is 5.32 Å². The SMILES string of the molecule is Cc1nc(C2(NC(=O)Nc3ncc(Cc4cccc(F)c4)s3)CCC2)no1. The molecular weight excluding hydrogens is 369 g/mol. The normalized spacial score (nSPS) is 15.2. The number of urea groups is 1. The zero-order valence-corrected chi connectivity index (χ0v) is 15.5. The molecule has 140 valence electrons. The van der Waals surface area contributed by atoms with E-state index in [1.54, 1.807) is 19.2 Å². The predicted octanol–water partition coefficient (Wildman–Crippen LogP) is 3.77. The third kappa shape index (κ3) is 3.82. The summed E-state index contributed by atoms with van der Waals surface area (Å²) in [4.78, 5) is 21.8. The predicted molar refractivity (Wildman–Crippen MR) is 98.0 cm³/mol. The number of halogens is 1. The molecule has 1 aliphatic carbocycles. The quantitative estimate of drug-likeness (QED) is 0.695. The van der Waals surface area contributed by atoms with Crippen LogP contribution in [0.4, 0.5) is 14.3 Å². The number of amides is 2. The Hall–Kier alpha value is -2.81. The minimum Gasteiger partial charge on any atom is -0.340 e. The number of rotatable bonds is 5. The molecule has 2 heterocycles. The number of aromatic nitrogens is 3. The van der Waals surface area contributed by atoms with E-state index >= 15 is 0 Å². The second kappa shape index (κ2) is 7.07. The van der Waals surface area contributed by atoms with Crippen LogP contribution in [0.25, 0.3) is 0 Å². The summed E-state index contributed by atoms with van der Waals surface area (Å²) in [5, 5.41) is 10.2. The van der Waals surface area contributed by atoms with Gasteiger partial charge in [0.15, 0.2) is 11.0 Å². The minimum absolute atomic E-state index is 0.266. The molecule has 0 aliphatic heterocycles. The molecule has 1 fully saturated rings. The molecule has 1 aliphatic rings. The van der Waals surface area contributed by atoms with Gasteiger partial charge in [0, 0.05) is 24.4 Å². The Bertz CT molecular complexity index is 966. The summed E-state index contributed by atoms with van der Waals surface area (Å²) < 4.78 is 18.3. The average molecular weight is 387 g/mol. The van der Waals surface area contributed by atoms with Crippen molar-refractivity contribution in [1.82, 2.24) is 20.4 Å². The molecule has 0 unspecified atom stereocenters. The summed E-state index contributed by atoms with van der Waals surface area (Å²) in [5.41, 5.74) is 0.277. The summed E-state index contributed by atoms with van der Waals surface area (Å²) in [6.45, 7) is 1.72. The minimum atomic E-state index is -0.580. The van der Waals surface area contributed by atoms with E-state index in [1.807, 2.05) is 6.07 Å². The Morgan fingerprint density at radius 3 is 2.93 bits per heavy atom. The fraction of sp³-hybridized carbons (Fsp3) is 0.333. The number of anilines is 1. The maximum atomic E-state index is 13.3. The zero-order valence-electron chi connectivity index (χ0n) is 14.7. The van der Waals surface area contributed by atoms with Gasteiger partial charge in [-0.1, -0.05) is 17.3 Å². The Kier molecular flexibility index (Phi) is 4.61. The number of carbonyl (C=O) groups excluding carboxylic acids is 1. The van der Waals surface area contributed by atoms with Crippen molar-refractivity contribution in [3.63, 3.8) is 0 Å². The molecule has 4 rings (SSSR count). The number of benzene rings is 1. The molecule has 7 nitrogen and oxygen atoms in total. The maximum absolute atomic E-state index is 13.3. The molecule has 27 heavy (non-hydrogen) atoms. The summed E-state index contributed by atoms with van der Waals surface area (Å²) in [6.07, 6.45) is 4.77. The number of nitrogens with zero attached hydrogens (tertiary/aromatic N) is 3. The van der Waals surface area contributed by atoms with Gasteiger partial charge in [0.2, 0.25) is 5.89 Å². The van der Waals surface area contributed by atoms with E-state index in [9.17, 15) is 9.18 Å². The molecule has 0 atom stereocenters. The summed E-state index contributed by atoms with van der Waals surface area (Å²) >= 11 is 1.36. The van der Waals surface area contributed by atoms with Crippen molar-refractivity contribution >= 4 is 22.5 Å². The number of aryl methyl sites for hydroxylation is 1. The Morgan fingerprint density at radius 1 is 1.41 bits per heavy atom. The van der Waals surface area contributed by atoms with Crippen LogP contribution in [0, 0.1) is 12.7 Å². The van der Waals surface area contributed by atoms with Crippen LogP contribution in [0.15, 0.2) is 35.0 Å². The number of nitrogens with one attached hydrogen (secondary N) is 2. The van der Waals surface area contributed by atoms with Crippen molar-refractivity contribution in [2.24, 2.45) is 0 Å². The van der Waals surface area contributed by atoms with E-state index in [0.29, 0.717) is 23.3 Å². The highest BCUT2D eigenvalue weighted by molar-refractivity contribution is 7.15.